The van der Waals surface area contributed by atoms with E-state index in [4.69, 9.17) is 0 Å². The molecular formula is C22H20N4O2. The van der Waals surface area contributed by atoms with E-state index in [1.807, 2.05) is 62.4 Å². The molecule has 0 spiro atoms. The van der Waals surface area contributed by atoms with E-state index in [9.17, 15) is 9.59 Å². The van der Waals surface area contributed by atoms with Crippen LogP contribution in [0.3, 0.4) is 0 Å². The Morgan fingerprint density at radius 3 is 2.57 bits per heavy atom. The first-order valence-corrected chi connectivity index (χ1v) is 9.03. The van der Waals surface area contributed by atoms with Gasteiger partial charge in [0, 0.05) is 11.9 Å². The summed E-state index contributed by atoms with van der Waals surface area (Å²) >= 11 is 0. The van der Waals surface area contributed by atoms with Crippen LogP contribution in [0.25, 0.3) is 16.9 Å². The highest BCUT2D eigenvalue weighted by molar-refractivity contribution is 5.92. The Kier molecular flexibility index (Phi) is 4.53. The van der Waals surface area contributed by atoms with Crippen molar-refractivity contribution in [3.05, 3.63) is 88.5 Å². The predicted octanol–water partition coefficient (Wildman–Crippen LogP) is 3.44. The third-order valence-corrected chi connectivity index (χ3v) is 4.66. The number of carbonyl (C=O) groups excluding carboxylic acids is 1. The molecule has 140 valence electrons. The van der Waals surface area contributed by atoms with Gasteiger partial charge in [-0.15, -0.1) is 0 Å². The Morgan fingerprint density at radius 2 is 1.82 bits per heavy atom. The van der Waals surface area contributed by atoms with Crippen molar-refractivity contribution >= 4 is 22.8 Å². The van der Waals surface area contributed by atoms with Gasteiger partial charge in [0.25, 0.3) is 0 Å². The SMILES string of the molecule is Cc1ccc(NC(=O)Cn2c(=O)n(-c3ccccc3)c3ncccc32)c(C)c1. The maximum Gasteiger partial charge on any atom is 0.335 e. The number of carbonyl (C=O) groups is 1. The van der Waals surface area contributed by atoms with E-state index in [0.29, 0.717) is 16.9 Å². The van der Waals surface area contributed by atoms with Gasteiger partial charge in [0.15, 0.2) is 5.65 Å². The van der Waals surface area contributed by atoms with Crippen molar-refractivity contribution in [3.8, 4) is 5.69 Å². The summed E-state index contributed by atoms with van der Waals surface area (Å²) < 4.78 is 2.98. The van der Waals surface area contributed by atoms with E-state index in [1.165, 1.54) is 9.13 Å². The van der Waals surface area contributed by atoms with Crippen LogP contribution in [0.5, 0.6) is 0 Å². The molecule has 0 aliphatic carbocycles. The monoisotopic (exact) mass is 372 g/mol. The molecule has 0 bridgehead atoms. The summed E-state index contributed by atoms with van der Waals surface area (Å²) in [5.41, 5.74) is 4.41. The van der Waals surface area contributed by atoms with Gasteiger partial charge < -0.3 is 5.32 Å². The van der Waals surface area contributed by atoms with Crippen LogP contribution in [0.1, 0.15) is 11.1 Å². The van der Waals surface area contributed by atoms with Crippen molar-refractivity contribution in [3.63, 3.8) is 0 Å². The number of hydrogen-bond donors (Lipinski definition) is 1. The van der Waals surface area contributed by atoms with Gasteiger partial charge >= 0.3 is 5.69 Å². The third-order valence-electron chi connectivity index (χ3n) is 4.66. The van der Waals surface area contributed by atoms with E-state index in [-0.39, 0.29) is 18.1 Å². The number of aromatic nitrogens is 3. The number of aryl methyl sites for hydroxylation is 2. The summed E-state index contributed by atoms with van der Waals surface area (Å²) in [4.78, 5) is 30.1. The van der Waals surface area contributed by atoms with Gasteiger partial charge in [-0.25, -0.2) is 14.3 Å². The molecule has 1 amide bonds. The lowest BCUT2D eigenvalue weighted by Gasteiger charge is -2.09. The number of fused-ring (bicyclic) bond motifs is 1. The number of nitrogens with zero attached hydrogens (tertiary/aromatic N) is 3. The molecule has 0 atom stereocenters. The molecule has 0 aliphatic rings. The van der Waals surface area contributed by atoms with Crippen molar-refractivity contribution in [2.75, 3.05) is 5.32 Å². The summed E-state index contributed by atoms with van der Waals surface area (Å²) in [5, 5.41) is 2.90. The minimum Gasteiger partial charge on any atom is -0.324 e. The number of para-hydroxylation sites is 1. The smallest absolute Gasteiger partial charge is 0.324 e. The molecular weight excluding hydrogens is 352 g/mol. The lowest BCUT2D eigenvalue weighted by atomic mass is 10.1. The minimum absolute atomic E-state index is 0.0891. The number of rotatable bonds is 4. The number of hydrogen-bond acceptors (Lipinski definition) is 3. The molecule has 0 unspecified atom stereocenters. The summed E-state index contributed by atoms with van der Waals surface area (Å²) in [6, 6.07) is 18.7. The van der Waals surface area contributed by atoms with Crippen LogP contribution in [0.4, 0.5) is 5.69 Å². The minimum atomic E-state index is -0.296. The highest BCUT2D eigenvalue weighted by atomic mass is 16.2. The predicted molar refractivity (Wildman–Crippen MR) is 110 cm³/mol. The van der Waals surface area contributed by atoms with Crippen molar-refractivity contribution in [2.45, 2.75) is 20.4 Å². The maximum atomic E-state index is 13.1. The molecule has 0 saturated carbocycles. The van der Waals surface area contributed by atoms with Crippen molar-refractivity contribution in [2.24, 2.45) is 0 Å². The molecule has 6 heteroatoms. The number of nitrogens with one attached hydrogen (secondary N) is 1. The first-order chi connectivity index (χ1) is 13.5. The zero-order valence-electron chi connectivity index (χ0n) is 15.7. The Bertz CT molecular complexity index is 1220. The molecule has 0 saturated heterocycles. The lowest BCUT2D eigenvalue weighted by Crippen LogP contribution is -2.29. The Morgan fingerprint density at radius 1 is 1.04 bits per heavy atom. The number of anilines is 1. The fraction of sp³-hybridized carbons (Fsp3) is 0.136. The van der Waals surface area contributed by atoms with Gasteiger partial charge in [0.05, 0.1) is 11.2 Å². The number of amides is 1. The molecule has 0 aliphatic heterocycles. The molecule has 2 aromatic heterocycles. The second-order valence-corrected chi connectivity index (χ2v) is 6.75. The summed E-state index contributed by atoms with van der Waals surface area (Å²) in [6.07, 6.45) is 1.64. The second-order valence-electron chi connectivity index (χ2n) is 6.75. The maximum absolute atomic E-state index is 13.1. The third kappa shape index (κ3) is 3.20. The van der Waals surface area contributed by atoms with Crippen LogP contribution in [0.15, 0.2) is 71.7 Å². The van der Waals surface area contributed by atoms with Gasteiger partial charge in [0.1, 0.15) is 6.54 Å². The van der Waals surface area contributed by atoms with Crippen molar-refractivity contribution < 1.29 is 4.79 Å². The van der Waals surface area contributed by atoms with Gasteiger partial charge in [-0.05, 0) is 49.7 Å². The Labute approximate surface area is 162 Å². The van der Waals surface area contributed by atoms with Gasteiger partial charge in [-0.3, -0.25) is 9.36 Å². The topological polar surface area (TPSA) is 68.9 Å². The fourth-order valence-electron chi connectivity index (χ4n) is 3.34. The van der Waals surface area contributed by atoms with E-state index < -0.39 is 0 Å². The zero-order valence-corrected chi connectivity index (χ0v) is 15.7. The van der Waals surface area contributed by atoms with E-state index in [0.717, 1.165) is 16.8 Å². The van der Waals surface area contributed by atoms with Gasteiger partial charge in [-0.2, -0.15) is 0 Å². The molecule has 0 fully saturated rings. The van der Waals surface area contributed by atoms with Crippen molar-refractivity contribution in [1.82, 2.24) is 14.1 Å². The Balaban J connectivity index is 1.72. The quantitative estimate of drug-likeness (QED) is 0.597. The molecule has 6 nitrogen and oxygen atoms in total. The molecule has 2 aromatic carbocycles. The van der Waals surface area contributed by atoms with Crippen LogP contribution in [-0.2, 0) is 11.3 Å². The summed E-state index contributed by atoms with van der Waals surface area (Å²) in [6.45, 7) is 3.86. The highest BCUT2D eigenvalue weighted by Gasteiger charge is 2.17. The average molecular weight is 372 g/mol. The van der Waals surface area contributed by atoms with Crippen LogP contribution >= 0.6 is 0 Å². The highest BCUT2D eigenvalue weighted by Crippen LogP contribution is 2.18. The van der Waals surface area contributed by atoms with E-state index >= 15 is 0 Å². The first-order valence-electron chi connectivity index (χ1n) is 9.03. The first kappa shape index (κ1) is 17.7. The lowest BCUT2D eigenvalue weighted by molar-refractivity contribution is -0.116. The number of imidazole rings is 1. The van der Waals surface area contributed by atoms with E-state index in [1.54, 1.807) is 18.3 Å². The second kappa shape index (κ2) is 7.15. The van der Waals surface area contributed by atoms with Gasteiger partial charge in [-0.1, -0.05) is 35.9 Å². The van der Waals surface area contributed by atoms with Crippen LogP contribution in [0.2, 0.25) is 0 Å². The molecule has 0 radical (unpaired) electrons. The van der Waals surface area contributed by atoms with E-state index in [2.05, 4.69) is 10.3 Å². The molecule has 2 heterocycles. The molecule has 4 rings (SSSR count). The van der Waals surface area contributed by atoms with Crippen LogP contribution < -0.4 is 11.0 Å². The van der Waals surface area contributed by atoms with Crippen molar-refractivity contribution in [1.29, 1.82) is 0 Å². The fourth-order valence-corrected chi connectivity index (χ4v) is 3.34. The molecule has 1 N–H and O–H groups in total. The van der Waals surface area contributed by atoms with Crippen LogP contribution in [0, 0.1) is 13.8 Å². The largest absolute Gasteiger partial charge is 0.335 e. The molecule has 28 heavy (non-hydrogen) atoms. The van der Waals surface area contributed by atoms with Gasteiger partial charge in [0.2, 0.25) is 5.91 Å². The van der Waals surface area contributed by atoms with Crippen LogP contribution in [-0.4, -0.2) is 20.0 Å². The standard InChI is InChI=1S/C22H20N4O2/c1-15-10-11-18(16(2)13-15)24-20(27)14-25-19-9-6-12-23-21(19)26(22(25)28)17-7-4-3-5-8-17/h3-13H,14H2,1-2H3,(H,24,27). The average Bonchev–Trinajstić information content (AvgIpc) is 2.96. The Hall–Kier alpha value is -3.67. The zero-order chi connectivity index (χ0) is 19.7. The molecule has 4 aromatic rings. The summed E-state index contributed by atoms with van der Waals surface area (Å²) in [7, 11) is 0. The number of benzene rings is 2. The summed E-state index contributed by atoms with van der Waals surface area (Å²) in [5.74, 6) is -0.259. The normalized spacial score (nSPS) is 10.9. The number of pyridine rings is 1.